The van der Waals surface area contributed by atoms with Gasteiger partial charge in [0.15, 0.2) is 0 Å². The van der Waals surface area contributed by atoms with Gasteiger partial charge in [-0.3, -0.25) is 9.59 Å². The van der Waals surface area contributed by atoms with Gasteiger partial charge in [0.25, 0.3) is 0 Å². The molecule has 0 radical (unpaired) electrons. The molecule has 5 unspecified atom stereocenters. The van der Waals surface area contributed by atoms with Crippen molar-refractivity contribution < 1.29 is 24.9 Å². The van der Waals surface area contributed by atoms with E-state index in [-0.39, 0.29) is 30.0 Å². The van der Waals surface area contributed by atoms with E-state index in [1.165, 1.54) is 0 Å². The van der Waals surface area contributed by atoms with Crippen molar-refractivity contribution in [2.75, 3.05) is 0 Å². The molecule has 1 aromatic rings. The summed E-state index contributed by atoms with van der Waals surface area (Å²) in [5.74, 6) is -1.37. The van der Waals surface area contributed by atoms with Crippen LogP contribution in [0.25, 0.3) is 5.03 Å². The second kappa shape index (κ2) is 11.9. The van der Waals surface area contributed by atoms with Gasteiger partial charge in [0.1, 0.15) is 5.78 Å². The zero-order valence-corrected chi connectivity index (χ0v) is 21.9. The van der Waals surface area contributed by atoms with Crippen LogP contribution in [0.2, 0.25) is 0 Å². The van der Waals surface area contributed by atoms with E-state index >= 15 is 0 Å². The predicted molar refractivity (Wildman–Crippen MR) is 141 cm³/mol. The Hall–Kier alpha value is -1.86. The number of thiol groups is 1. The van der Waals surface area contributed by atoms with E-state index in [2.05, 4.69) is 12.6 Å². The van der Waals surface area contributed by atoms with Crippen LogP contribution in [0.15, 0.2) is 59.0 Å². The number of aliphatic carboxylic acids is 1. The first kappa shape index (κ1) is 27.7. The van der Waals surface area contributed by atoms with E-state index in [4.69, 9.17) is 16.7 Å². The fraction of sp³-hybridized carbons (Fsp3) is 0.500. The molecule has 2 saturated carbocycles. The lowest BCUT2D eigenvalue weighted by Crippen LogP contribution is -2.31. The first-order valence-electron chi connectivity index (χ1n) is 12.2. The molecule has 0 heterocycles. The predicted octanol–water partition coefficient (Wildman–Crippen LogP) is 5.66. The molecule has 3 rings (SSSR count). The van der Waals surface area contributed by atoms with Crippen LogP contribution in [-0.4, -0.2) is 39.3 Å². The molecule has 0 aromatic heterocycles. The Morgan fingerprint density at radius 2 is 2.00 bits per heavy atom. The van der Waals surface area contributed by atoms with Crippen molar-refractivity contribution in [3.63, 3.8) is 0 Å². The second-order valence-corrected chi connectivity index (χ2v) is 11.0. The lowest BCUT2D eigenvalue weighted by molar-refractivity contribution is -0.137. The van der Waals surface area contributed by atoms with E-state index < -0.39 is 23.6 Å². The number of carboxylic acids is 1. The van der Waals surface area contributed by atoms with Crippen LogP contribution >= 0.6 is 24.2 Å². The summed E-state index contributed by atoms with van der Waals surface area (Å²) in [6.07, 6.45) is 8.90. The number of hydrogen-bond acceptors (Lipinski definition) is 5. The number of benzene rings is 1. The lowest BCUT2D eigenvalue weighted by Gasteiger charge is -2.22. The molecule has 0 bridgehead atoms. The highest BCUT2D eigenvalue weighted by atomic mass is 35.5. The van der Waals surface area contributed by atoms with Gasteiger partial charge in [-0.1, -0.05) is 68.0 Å². The zero-order valence-electron chi connectivity index (χ0n) is 20.2. The Bertz CT molecular complexity index is 1030. The maximum atomic E-state index is 13.0. The van der Waals surface area contributed by atoms with Gasteiger partial charge in [-0.2, -0.15) is 0 Å². The molecule has 190 valence electrons. The summed E-state index contributed by atoms with van der Waals surface area (Å²) < 4.78 is 0. The topological polar surface area (TPSA) is 94.8 Å². The quantitative estimate of drug-likeness (QED) is 0.172. The summed E-state index contributed by atoms with van der Waals surface area (Å²) in [4.78, 5) is 24.4. The molecule has 0 spiro atoms. The smallest absolute Gasteiger partial charge is 0.303 e. The van der Waals surface area contributed by atoms with Crippen molar-refractivity contribution in [1.29, 1.82) is 0 Å². The molecule has 3 N–H and O–H groups in total. The Morgan fingerprint density at radius 1 is 1.29 bits per heavy atom. The van der Waals surface area contributed by atoms with E-state index in [9.17, 15) is 19.8 Å². The molecule has 7 heteroatoms. The van der Waals surface area contributed by atoms with E-state index in [1.807, 2.05) is 36.4 Å². The standard InChI is InChI=1S/C28H35ClO5S/c1-28(2)26(33)19(9-5-3-4-6-12-24(31)32)20(27(28)34)14-13-18(30)15-17-16-22(17)25(29)21-10-7-8-11-23(21)35/h3,5,7-8,10-11,13-14,17-20,27,30,34-35H,4,6,9,12,15-16H2,1-2H3,(H,31,32). The van der Waals surface area contributed by atoms with Gasteiger partial charge in [-0.05, 0) is 49.7 Å². The van der Waals surface area contributed by atoms with Crippen molar-refractivity contribution in [3.8, 4) is 0 Å². The summed E-state index contributed by atoms with van der Waals surface area (Å²) in [7, 11) is 0. The molecule has 2 aliphatic rings. The first-order chi connectivity index (χ1) is 16.5. The molecular formula is C28H35ClO5S. The molecule has 5 atom stereocenters. The SMILES string of the molecule is CC1(C)C(=O)C(CC=CCCCC(=O)O)C(C=CC(O)CC2CC2=C(Cl)c2ccccc2S)C1O. The van der Waals surface area contributed by atoms with Gasteiger partial charge in [-0.25, -0.2) is 0 Å². The first-order valence-corrected chi connectivity index (χ1v) is 13.0. The van der Waals surface area contributed by atoms with Crippen molar-refractivity contribution in [2.45, 2.75) is 69.5 Å². The maximum absolute atomic E-state index is 13.0. The van der Waals surface area contributed by atoms with Crippen LogP contribution in [0.3, 0.4) is 0 Å². The number of hydrogen-bond donors (Lipinski definition) is 4. The van der Waals surface area contributed by atoms with Crippen molar-refractivity contribution in [3.05, 3.63) is 59.7 Å². The molecule has 0 aliphatic heterocycles. The summed E-state index contributed by atoms with van der Waals surface area (Å²) in [5.41, 5.74) is 1.15. The Morgan fingerprint density at radius 3 is 2.69 bits per heavy atom. The van der Waals surface area contributed by atoms with Crippen molar-refractivity contribution >= 4 is 41.0 Å². The highest BCUT2D eigenvalue weighted by Crippen LogP contribution is 2.49. The molecule has 0 amide bonds. The van der Waals surface area contributed by atoms with Gasteiger partial charge in [0.05, 0.1) is 17.6 Å². The molecule has 5 nitrogen and oxygen atoms in total. The van der Waals surface area contributed by atoms with Crippen LogP contribution in [0.4, 0.5) is 0 Å². The largest absolute Gasteiger partial charge is 0.481 e. The Kier molecular flexibility index (Phi) is 9.44. The second-order valence-electron chi connectivity index (χ2n) is 10.2. The number of rotatable bonds is 11. The van der Waals surface area contributed by atoms with Gasteiger partial charge >= 0.3 is 5.97 Å². The van der Waals surface area contributed by atoms with Crippen LogP contribution in [-0.2, 0) is 9.59 Å². The maximum Gasteiger partial charge on any atom is 0.303 e. The summed E-state index contributed by atoms with van der Waals surface area (Å²) in [6.45, 7) is 3.52. The third kappa shape index (κ3) is 6.88. The van der Waals surface area contributed by atoms with Gasteiger partial charge in [0.2, 0.25) is 0 Å². The number of halogens is 1. The van der Waals surface area contributed by atoms with Gasteiger partial charge in [-0.15, -0.1) is 12.6 Å². The average molecular weight is 519 g/mol. The number of aliphatic hydroxyl groups excluding tert-OH is 2. The number of carbonyl (C=O) groups is 2. The number of unbranched alkanes of at least 4 members (excludes halogenated alkanes) is 1. The van der Waals surface area contributed by atoms with Crippen LogP contribution < -0.4 is 0 Å². The van der Waals surface area contributed by atoms with E-state index in [1.54, 1.807) is 26.0 Å². The average Bonchev–Trinajstić information content (AvgIpc) is 3.54. The number of Topliss-reactive ketones (excluding diaryl/α,β-unsaturated/α-hetero) is 1. The highest BCUT2D eigenvalue weighted by molar-refractivity contribution is 7.80. The van der Waals surface area contributed by atoms with Crippen molar-refractivity contribution in [2.24, 2.45) is 23.2 Å². The monoisotopic (exact) mass is 518 g/mol. The minimum absolute atomic E-state index is 0.00828. The number of aliphatic hydroxyl groups is 2. The molecular weight excluding hydrogens is 484 g/mol. The van der Waals surface area contributed by atoms with Crippen LogP contribution in [0, 0.1) is 23.2 Å². The number of ketones is 1. The summed E-state index contributed by atoms with van der Waals surface area (Å²) in [6, 6.07) is 7.66. The summed E-state index contributed by atoms with van der Waals surface area (Å²) in [5, 5.41) is 30.9. The fourth-order valence-corrected chi connectivity index (χ4v) is 5.63. The molecule has 2 aliphatic carbocycles. The zero-order chi connectivity index (χ0) is 25.8. The fourth-order valence-electron chi connectivity index (χ4n) is 4.89. The van der Waals surface area contributed by atoms with Crippen LogP contribution in [0.5, 0.6) is 0 Å². The molecule has 1 aromatic carbocycles. The van der Waals surface area contributed by atoms with Crippen LogP contribution in [0.1, 0.15) is 57.9 Å². The van der Waals surface area contributed by atoms with Gasteiger partial charge in [0, 0.05) is 33.7 Å². The third-order valence-electron chi connectivity index (χ3n) is 7.16. The molecule has 35 heavy (non-hydrogen) atoms. The number of carboxylic acid groups (broad SMARTS) is 1. The summed E-state index contributed by atoms with van der Waals surface area (Å²) >= 11 is 11.0. The van der Waals surface area contributed by atoms with Gasteiger partial charge < -0.3 is 15.3 Å². The van der Waals surface area contributed by atoms with E-state index in [0.29, 0.717) is 30.7 Å². The third-order valence-corrected chi connectivity index (χ3v) is 8.00. The number of allylic oxidation sites excluding steroid dienone is 3. The Labute approximate surface area is 218 Å². The minimum atomic E-state index is -0.859. The Balaban J connectivity index is 1.60. The molecule has 2 fully saturated rings. The van der Waals surface area contributed by atoms with Crippen molar-refractivity contribution in [1.82, 2.24) is 0 Å². The highest BCUT2D eigenvalue weighted by Gasteiger charge is 2.52. The number of carbonyl (C=O) groups excluding carboxylic acids is 1. The minimum Gasteiger partial charge on any atom is -0.481 e. The van der Waals surface area contributed by atoms with E-state index in [0.717, 1.165) is 22.5 Å². The normalized spacial score (nSPS) is 28.1. The molecule has 0 saturated heterocycles. The lowest BCUT2D eigenvalue weighted by atomic mass is 9.86.